The molecule has 2 rings (SSSR count). The Labute approximate surface area is 132 Å². The molecule has 0 saturated heterocycles. The van der Waals surface area contributed by atoms with Crippen LogP contribution in [0.1, 0.15) is 37.4 Å². The van der Waals surface area contributed by atoms with E-state index in [-0.39, 0.29) is 11.9 Å². The second kappa shape index (κ2) is 8.35. The molecule has 0 aliphatic heterocycles. The van der Waals surface area contributed by atoms with Crippen molar-refractivity contribution in [3.63, 3.8) is 0 Å². The van der Waals surface area contributed by atoms with Crippen LogP contribution in [0.25, 0.3) is 0 Å². The number of anilines is 1. The summed E-state index contributed by atoms with van der Waals surface area (Å²) in [4.78, 5) is 11.9. The lowest BCUT2D eigenvalue weighted by molar-refractivity contribution is -0.116. The molecule has 3 heteroatoms. The number of aryl methyl sites for hydroxylation is 1. The first-order valence-corrected chi connectivity index (χ1v) is 7.86. The molecule has 0 unspecified atom stereocenters. The van der Waals surface area contributed by atoms with E-state index in [0.29, 0.717) is 13.0 Å². The fourth-order valence-corrected chi connectivity index (χ4v) is 2.31. The minimum absolute atomic E-state index is 0.0389. The van der Waals surface area contributed by atoms with E-state index in [1.54, 1.807) is 0 Å². The molecule has 2 aromatic rings. The van der Waals surface area contributed by atoms with E-state index in [0.717, 1.165) is 12.1 Å². The molecule has 0 radical (unpaired) electrons. The van der Waals surface area contributed by atoms with Crippen LogP contribution in [0.15, 0.2) is 54.6 Å². The van der Waals surface area contributed by atoms with E-state index < -0.39 is 0 Å². The number of carbonyl (C=O) groups is 1. The molecule has 22 heavy (non-hydrogen) atoms. The Morgan fingerprint density at radius 3 is 2.36 bits per heavy atom. The number of amides is 1. The fraction of sp³-hybridized carbons (Fsp3) is 0.316. The molecule has 116 valence electrons. The van der Waals surface area contributed by atoms with Gasteiger partial charge in [0.1, 0.15) is 0 Å². The highest BCUT2D eigenvalue weighted by molar-refractivity contribution is 5.90. The largest absolute Gasteiger partial charge is 0.326 e. The molecular weight excluding hydrogens is 272 g/mol. The van der Waals surface area contributed by atoms with Gasteiger partial charge in [-0.25, -0.2) is 0 Å². The van der Waals surface area contributed by atoms with Crippen LogP contribution >= 0.6 is 0 Å². The molecule has 2 aromatic carbocycles. The van der Waals surface area contributed by atoms with Crippen molar-refractivity contribution in [3.8, 4) is 0 Å². The number of rotatable bonds is 7. The van der Waals surface area contributed by atoms with Crippen LogP contribution in [0.4, 0.5) is 5.69 Å². The number of nitrogens with one attached hydrogen (secondary N) is 2. The van der Waals surface area contributed by atoms with Gasteiger partial charge in [-0.2, -0.15) is 0 Å². The van der Waals surface area contributed by atoms with E-state index in [1.807, 2.05) is 42.5 Å². The van der Waals surface area contributed by atoms with Crippen molar-refractivity contribution in [3.05, 3.63) is 65.7 Å². The lowest BCUT2D eigenvalue weighted by Crippen LogP contribution is -2.24. The van der Waals surface area contributed by atoms with Crippen molar-refractivity contribution < 1.29 is 4.79 Å². The molecule has 1 amide bonds. The zero-order valence-corrected chi connectivity index (χ0v) is 13.3. The van der Waals surface area contributed by atoms with Gasteiger partial charge in [0.25, 0.3) is 0 Å². The first kappa shape index (κ1) is 16.2. The van der Waals surface area contributed by atoms with E-state index in [1.165, 1.54) is 11.1 Å². The Hall–Kier alpha value is -2.13. The molecule has 0 spiro atoms. The highest BCUT2D eigenvalue weighted by Crippen LogP contribution is 2.12. The van der Waals surface area contributed by atoms with Crippen molar-refractivity contribution in [2.24, 2.45) is 0 Å². The van der Waals surface area contributed by atoms with Crippen molar-refractivity contribution >= 4 is 11.6 Å². The Kier molecular flexibility index (Phi) is 6.16. The maximum absolute atomic E-state index is 11.9. The Morgan fingerprint density at radius 2 is 1.73 bits per heavy atom. The Morgan fingerprint density at radius 1 is 1.05 bits per heavy atom. The normalized spacial score (nSPS) is 11.9. The molecule has 0 aliphatic carbocycles. The quantitative estimate of drug-likeness (QED) is 0.813. The number of hydrogen-bond acceptors (Lipinski definition) is 2. The summed E-state index contributed by atoms with van der Waals surface area (Å²) in [5, 5.41) is 6.30. The molecular formula is C19H24N2O. The number of carbonyl (C=O) groups excluding carboxylic acids is 1. The average molecular weight is 296 g/mol. The molecule has 0 bridgehead atoms. The molecule has 2 N–H and O–H groups in total. The number of hydrogen-bond donors (Lipinski definition) is 2. The maximum Gasteiger partial charge on any atom is 0.225 e. The van der Waals surface area contributed by atoms with Crippen molar-refractivity contribution in [2.45, 2.75) is 32.7 Å². The van der Waals surface area contributed by atoms with Crippen molar-refractivity contribution in [2.75, 3.05) is 11.9 Å². The molecule has 0 saturated carbocycles. The SMILES string of the molecule is CCc1ccc(NC(=O)CCN[C@@H](C)c2ccccc2)cc1. The lowest BCUT2D eigenvalue weighted by Gasteiger charge is -2.14. The van der Waals surface area contributed by atoms with Gasteiger partial charge in [-0.3, -0.25) is 4.79 Å². The maximum atomic E-state index is 11.9. The van der Waals surface area contributed by atoms with Crippen molar-refractivity contribution in [1.29, 1.82) is 0 Å². The molecule has 1 atom stereocenters. The van der Waals surface area contributed by atoms with Gasteiger partial charge in [0.2, 0.25) is 5.91 Å². The first-order chi connectivity index (χ1) is 10.7. The zero-order chi connectivity index (χ0) is 15.8. The smallest absolute Gasteiger partial charge is 0.225 e. The summed E-state index contributed by atoms with van der Waals surface area (Å²) in [6.45, 7) is 4.89. The second-order valence-electron chi connectivity index (χ2n) is 5.44. The van der Waals surface area contributed by atoms with Crippen LogP contribution in [0.3, 0.4) is 0 Å². The van der Waals surface area contributed by atoms with Gasteiger partial charge in [-0.1, -0.05) is 49.4 Å². The van der Waals surface area contributed by atoms with Crippen molar-refractivity contribution in [1.82, 2.24) is 5.32 Å². The highest BCUT2D eigenvalue weighted by atomic mass is 16.1. The van der Waals surface area contributed by atoms with E-state index >= 15 is 0 Å². The zero-order valence-electron chi connectivity index (χ0n) is 13.3. The minimum Gasteiger partial charge on any atom is -0.326 e. The van der Waals surface area contributed by atoms with Gasteiger partial charge in [-0.15, -0.1) is 0 Å². The van der Waals surface area contributed by atoms with Crippen LogP contribution in [0.5, 0.6) is 0 Å². The van der Waals surface area contributed by atoms with Gasteiger partial charge in [0, 0.05) is 24.7 Å². The highest BCUT2D eigenvalue weighted by Gasteiger charge is 2.06. The molecule has 0 aromatic heterocycles. The predicted octanol–water partition coefficient (Wildman–Crippen LogP) is 3.93. The number of benzene rings is 2. The van der Waals surface area contributed by atoms with Crippen LogP contribution in [-0.2, 0) is 11.2 Å². The third kappa shape index (κ3) is 5.01. The summed E-state index contributed by atoms with van der Waals surface area (Å²) in [6.07, 6.45) is 1.47. The van der Waals surface area contributed by atoms with Crippen LogP contribution in [0, 0.1) is 0 Å². The molecule has 0 heterocycles. The molecule has 3 nitrogen and oxygen atoms in total. The summed E-state index contributed by atoms with van der Waals surface area (Å²) < 4.78 is 0. The third-order valence-corrected chi connectivity index (χ3v) is 3.75. The summed E-state index contributed by atoms with van der Waals surface area (Å²) in [7, 11) is 0. The minimum atomic E-state index is 0.0389. The van der Waals surface area contributed by atoms with E-state index in [9.17, 15) is 4.79 Å². The predicted molar refractivity (Wildman–Crippen MR) is 91.9 cm³/mol. The van der Waals surface area contributed by atoms with Crippen LogP contribution in [0.2, 0.25) is 0 Å². The fourth-order valence-electron chi connectivity index (χ4n) is 2.31. The summed E-state index contributed by atoms with van der Waals surface area (Å²) in [6, 6.07) is 18.5. The first-order valence-electron chi connectivity index (χ1n) is 7.86. The topological polar surface area (TPSA) is 41.1 Å². The van der Waals surface area contributed by atoms with Gasteiger partial charge >= 0.3 is 0 Å². The standard InChI is InChI=1S/C19H24N2O/c1-3-16-9-11-18(12-10-16)21-19(22)13-14-20-15(2)17-7-5-4-6-8-17/h4-12,15,20H,3,13-14H2,1-2H3,(H,21,22)/t15-/m0/s1. The third-order valence-electron chi connectivity index (χ3n) is 3.75. The van der Waals surface area contributed by atoms with E-state index in [4.69, 9.17) is 0 Å². The van der Waals surface area contributed by atoms with Gasteiger partial charge in [0.05, 0.1) is 0 Å². The Balaban J connectivity index is 1.73. The summed E-state index contributed by atoms with van der Waals surface area (Å²) in [5.74, 6) is 0.0389. The monoisotopic (exact) mass is 296 g/mol. The van der Waals surface area contributed by atoms with Gasteiger partial charge in [-0.05, 0) is 36.6 Å². The van der Waals surface area contributed by atoms with Crippen LogP contribution in [-0.4, -0.2) is 12.5 Å². The average Bonchev–Trinajstić information content (AvgIpc) is 2.56. The summed E-state index contributed by atoms with van der Waals surface area (Å²) in [5.41, 5.74) is 3.37. The van der Waals surface area contributed by atoms with Gasteiger partial charge < -0.3 is 10.6 Å². The summed E-state index contributed by atoms with van der Waals surface area (Å²) >= 11 is 0. The molecule has 0 fully saturated rings. The second-order valence-corrected chi connectivity index (χ2v) is 5.44. The lowest BCUT2D eigenvalue weighted by atomic mass is 10.1. The van der Waals surface area contributed by atoms with Crippen LogP contribution < -0.4 is 10.6 Å². The molecule has 0 aliphatic rings. The van der Waals surface area contributed by atoms with E-state index in [2.05, 4.69) is 36.6 Å². The van der Waals surface area contributed by atoms with Gasteiger partial charge in [0.15, 0.2) is 0 Å². The Bertz CT molecular complexity index is 578.